The summed E-state index contributed by atoms with van der Waals surface area (Å²) in [6.45, 7) is 6.88. The van der Waals surface area contributed by atoms with Crippen LogP contribution in [0.4, 0.5) is 0 Å². The maximum absolute atomic E-state index is 3.82. The van der Waals surface area contributed by atoms with Crippen molar-refractivity contribution in [3.8, 4) is 0 Å². The zero-order valence-corrected chi connectivity index (χ0v) is 9.79. The largest absolute Gasteiger partial charge is 0.243 e. The molecule has 1 rings (SSSR count). The van der Waals surface area contributed by atoms with Gasteiger partial charge in [0, 0.05) is 0 Å². The SMILES string of the molecule is CC1=NCN=N1.CCCCCCCC. The molecule has 0 N–H and O–H groups in total. The summed E-state index contributed by atoms with van der Waals surface area (Å²) in [4.78, 5) is 3.82. The van der Waals surface area contributed by atoms with Gasteiger partial charge in [-0.1, -0.05) is 52.4 Å². The van der Waals surface area contributed by atoms with Gasteiger partial charge in [-0.05, 0) is 6.92 Å². The fraction of sp³-hybridized carbons (Fsp3) is 0.909. The molecule has 0 radical (unpaired) electrons. The van der Waals surface area contributed by atoms with E-state index in [0.717, 1.165) is 5.84 Å². The molecule has 0 spiro atoms. The lowest BCUT2D eigenvalue weighted by molar-refractivity contribution is 0.624. The number of nitrogens with zero attached hydrogens (tertiary/aromatic N) is 3. The van der Waals surface area contributed by atoms with Crippen LogP contribution in [-0.4, -0.2) is 12.5 Å². The summed E-state index contributed by atoms with van der Waals surface area (Å²) in [7, 11) is 0. The number of hydrogen-bond donors (Lipinski definition) is 0. The van der Waals surface area contributed by atoms with E-state index in [1.165, 1.54) is 38.5 Å². The van der Waals surface area contributed by atoms with E-state index in [-0.39, 0.29) is 0 Å². The molecule has 82 valence electrons. The molecule has 0 fully saturated rings. The lowest BCUT2D eigenvalue weighted by Crippen LogP contribution is -1.73. The first-order valence-corrected chi connectivity index (χ1v) is 5.69. The van der Waals surface area contributed by atoms with Gasteiger partial charge in [0.2, 0.25) is 0 Å². The summed E-state index contributed by atoms with van der Waals surface area (Å²) in [6.07, 6.45) is 8.49. The maximum Gasteiger partial charge on any atom is 0.152 e. The number of aliphatic imine (C=N–C) groups is 1. The van der Waals surface area contributed by atoms with Crippen LogP contribution in [-0.2, 0) is 0 Å². The van der Waals surface area contributed by atoms with Crippen molar-refractivity contribution in [2.24, 2.45) is 15.2 Å². The standard InChI is InChI=1S/C8H18.C3H5N3/c1-3-5-7-8-6-4-2;1-3-4-2-5-6-3/h3-8H2,1-2H3;2H2,1H3. The van der Waals surface area contributed by atoms with E-state index in [0.29, 0.717) is 6.67 Å². The third kappa shape index (κ3) is 9.36. The van der Waals surface area contributed by atoms with Crippen molar-refractivity contribution in [3.63, 3.8) is 0 Å². The maximum atomic E-state index is 3.82. The van der Waals surface area contributed by atoms with Gasteiger partial charge >= 0.3 is 0 Å². The summed E-state index contributed by atoms with van der Waals surface area (Å²) in [5.74, 6) is 0.787. The molecule has 0 saturated carbocycles. The fourth-order valence-corrected chi connectivity index (χ4v) is 1.15. The molecule has 0 aromatic rings. The molecule has 0 amide bonds. The molecule has 0 aliphatic carbocycles. The molecule has 0 saturated heterocycles. The number of azo groups is 1. The average molecular weight is 197 g/mol. The van der Waals surface area contributed by atoms with Crippen molar-refractivity contribution in [1.82, 2.24) is 0 Å². The number of hydrogen-bond acceptors (Lipinski definition) is 3. The van der Waals surface area contributed by atoms with E-state index in [4.69, 9.17) is 0 Å². The molecule has 0 unspecified atom stereocenters. The van der Waals surface area contributed by atoms with Crippen LogP contribution < -0.4 is 0 Å². The first-order valence-electron chi connectivity index (χ1n) is 5.69. The summed E-state index contributed by atoms with van der Waals surface area (Å²) in [5, 5.41) is 7.20. The van der Waals surface area contributed by atoms with Crippen LogP contribution in [0.1, 0.15) is 59.3 Å². The summed E-state index contributed by atoms with van der Waals surface area (Å²) < 4.78 is 0. The molecule has 3 nitrogen and oxygen atoms in total. The smallest absolute Gasteiger partial charge is 0.152 e. The van der Waals surface area contributed by atoms with E-state index in [1.54, 1.807) is 0 Å². The Balaban J connectivity index is 0.000000249. The molecule has 0 atom stereocenters. The van der Waals surface area contributed by atoms with Crippen LogP contribution >= 0.6 is 0 Å². The van der Waals surface area contributed by atoms with Gasteiger partial charge in [-0.25, -0.2) is 4.99 Å². The van der Waals surface area contributed by atoms with Gasteiger partial charge in [0.1, 0.15) is 5.84 Å². The number of unbranched alkanes of at least 4 members (excludes halogenated alkanes) is 5. The van der Waals surface area contributed by atoms with Crippen molar-refractivity contribution >= 4 is 5.84 Å². The summed E-state index contributed by atoms with van der Waals surface area (Å²) in [5.41, 5.74) is 0. The van der Waals surface area contributed by atoms with Crippen molar-refractivity contribution in [2.75, 3.05) is 6.67 Å². The van der Waals surface area contributed by atoms with Crippen LogP contribution in [0.5, 0.6) is 0 Å². The Morgan fingerprint density at radius 2 is 1.57 bits per heavy atom. The monoisotopic (exact) mass is 197 g/mol. The highest BCUT2D eigenvalue weighted by Crippen LogP contribution is 2.03. The van der Waals surface area contributed by atoms with Gasteiger partial charge in [-0.15, -0.1) is 5.11 Å². The molecule has 1 aliphatic heterocycles. The molecular formula is C11H23N3. The van der Waals surface area contributed by atoms with Gasteiger partial charge in [-0.3, -0.25) is 0 Å². The molecule has 0 aromatic carbocycles. The Morgan fingerprint density at radius 3 is 1.79 bits per heavy atom. The van der Waals surface area contributed by atoms with Crippen LogP contribution in [0.25, 0.3) is 0 Å². The van der Waals surface area contributed by atoms with Gasteiger partial charge in [0.25, 0.3) is 0 Å². The van der Waals surface area contributed by atoms with Crippen LogP contribution in [0.2, 0.25) is 0 Å². The molecule has 14 heavy (non-hydrogen) atoms. The molecule has 1 heterocycles. The van der Waals surface area contributed by atoms with Crippen LogP contribution in [0.3, 0.4) is 0 Å². The van der Waals surface area contributed by atoms with Gasteiger partial charge in [-0.2, -0.15) is 5.11 Å². The molecule has 0 aromatic heterocycles. The van der Waals surface area contributed by atoms with Gasteiger partial charge < -0.3 is 0 Å². The highest BCUT2D eigenvalue weighted by molar-refractivity contribution is 5.80. The van der Waals surface area contributed by atoms with Crippen molar-refractivity contribution < 1.29 is 0 Å². The van der Waals surface area contributed by atoms with Crippen LogP contribution in [0.15, 0.2) is 15.2 Å². The Labute approximate surface area is 87.7 Å². The minimum atomic E-state index is 0.534. The second kappa shape index (κ2) is 10.4. The van der Waals surface area contributed by atoms with Crippen molar-refractivity contribution in [2.45, 2.75) is 59.3 Å². The highest BCUT2D eigenvalue weighted by Gasteiger charge is 1.88. The Morgan fingerprint density at radius 1 is 1.00 bits per heavy atom. The summed E-state index contributed by atoms with van der Waals surface area (Å²) >= 11 is 0. The van der Waals surface area contributed by atoms with Gasteiger partial charge in [0.05, 0.1) is 0 Å². The minimum Gasteiger partial charge on any atom is -0.243 e. The first kappa shape index (κ1) is 13.3. The molecular weight excluding hydrogens is 174 g/mol. The van der Waals surface area contributed by atoms with Crippen molar-refractivity contribution in [3.05, 3.63) is 0 Å². The lowest BCUT2D eigenvalue weighted by Gasteiger charge is -1.93. The number of rotatable bonds is 5. The fourth-order valence-electron chi connectivity index (χ4n) is 1.15. The highest BCUT2D eigenvalue weighted by atomic mass is 15.2. The molecule has 3 heteroatoms. The quantitative estimate of drug-likeness (QED) is 0.592. The Kier molecular flexibility index (Phi) is 9.81. The Hall–Kier alpha value is -0.730. The second-order valence-electron chi connectivity index (χ2n) is 3.50. The molecule has 0 bridgehead atoms. The van der Waals surface area contributed by atoms with E-state index >= 15 is 0 Å². The van der Waals surface area contributed by atoms with Crippen LogP contribution in [0, 0.1) is 0 Å². The van der Waals surface area contributed by atoms with E-state index < -0.39 is 0 Å². The summed E-state index contributed by atoms with van der Waals surface area (Å²) in [6, 6.07) is 0. The van der Waals surface area contributed by atoms with Crippen molar-refractivity contribution in [1.29, 1.82) is 0 Å². The second-order valence-corrected chi connectivity index (χ2v) is 3.50. The minimum absolute atomic E-state index is 0.534. The predicted octanol–water partition coefficient (Wildman–Crippen LogP) is 4.19. The Bertz CT molecular complexity index is 165. The topological polar surface area (TPSA) is 37.1 Å². The number of amidine groups is 1. The van der Waals surface area contributed by atoms with E-state index in [9.17, 15) is 0 Å². The van der Waals surface area contributed by atoms with Gasteiger partial charge in [0.15, 0.2) is 6.67 Å². The average Bonchev–Trinajstić information content (AvgIpc) is 2.65. The lowest BCUT2D eigenvalue weighted by atomic mass is 10.1. The third-order valence-electron chi connectivity index (χ3n) is 2.04. The normalized spacial score (nSPS) is 13.5. The zero-order valence-electron chi connectivity index (χ0n) is 9.79. The third-order valence-corrected chi connectivity index (χ3v) is 2.04. The molecule has 1 aliphatic rings. The van der Waals surface area contributed by atoms with E-state index in [1.807, 2.05) is 6.92 Å². The zero-order chi connectivity index (χ0) is 10.6. The first-order chi connectivity index (χ1) is 6.81. The predicted molar refractivity (Wildman–Crippen MR) is 61.9 cm³/mol. The van der Waals surface area contributed by atoms with E-state index in [2.05, 4.69) is 29.1 Å².